The van der Waals surface area contributed by atoms with Gasteiger partial charge in [0, 0.05) is 42.7 Å². The van der Waals surface area contributed by atoms with Crippen LogP contribution in [0, 0.1) is 12.8 Å². The Morgan fingerprint density at radius 2 is 1.82 bits per heavy atom. The summed E-state index contributed by atoms with van der Waals surface area (Å²) in [6.07, 6.45) is 2.37. The summed E-state index contributed by atoms with van der Waals surface area (Å²) in [7, 11) is 0. The number of nitrogens with zero attached hydrogens (tertiary/aromatic N) is 2. The van der Waals surface area contributed by atoms with Gasteiger partial charge in [0.25, 0.3) is 0 Å². The van der Waals surface area contributed by atoms with Crippen molar-refractivity contribution in [1.29, 1.82) is 0 Å². The quantitative estimate of drug-likeness (QED) is 0.384. The molecule has 148 valence electrons. The van der Waals surface area contributed by atoms with E-state index in [4.69, 9.17) is 0 Å². The zero-order valence-electron chi connectivity index (χ0n) is 16.4. The van der Waals surface area contributed by atoms with Crippen molar-refractivity contribution < 1.29 is 10.0 Å². The molecule has 1 aliphatic rings. The van der Waals surface area contributed by atoms with Gasteiger partial charge in [-0.2, -0.15) is 0 Å². The number of carbonyl (C=O) groups is 1. The standard InChI is InChI=1S/C23H27BrN2O2/c1-16-5-3-4-6-21(16)22(18-7-9-20(24)10-8-18)15-23(25-28)19-11-13-26(14-12-19)17(2)27/h3-10,19,22,28H,11-15H2,1-2H3/b25-23-. The first-order valence-electron chi connectivity index (χ1n) is 9.77. The summed E-state index contributed by atoms with van der Waals surface area (Å²) < 4.78 is 1.05. The van der Waals surface area contributed by atoms with Gasteiger partial charge in [-0.3, -0.25) is 4.79 Å². The lowest BCUT2D eigenvalue weighted by Gasteiger charge is -2.32. The van der Waals surface area contributed by atoms with Crippen molar-refractivity contribution >= 4 is 27.5 Å². The number of halogens is 1. The molecule has 3 rings (SSSR count). The maximum absolute atomic E-state index is 11.6. The number of hydrogen-bond acceptors (Lipinski definition) is 3. The Hall–Kier alpha value is -2.14. The summed E-state index contributed by atoms with van der Waals surface area (Å²) in [5, 5.41) is 13.5. The van der Waals surface area contributed by atoms with Crippen LogP contribution in [0.5, 0.6) is 0 Å². The molecule has 1 heterocycles. The molecule has 1 N–H and O–H groups in total. The smallest absolute Gasteiger partial charge is 0.219 e. The number of amides is 1. The van der Waals surface area contributed by atoms with Crippen molar-refractivity contribution in [3.63, 3.8) is 0 Å². The van der Waals surface area contributed by atoms with Crippen LogP contribution in [-0.2, 0) is 4.79 Å². The molecule has 0 aromatic heterocycles. The van der Waals surface area contributed by atoms with E-state index in [-0.39, 0.29) is 17.7 Å². The molecule has 2 aromatic carbocycles. The van der Waals surface area contributed by atoms with Crippen LogP contribution in [0.1, 0.15) is 48.8 Å². The Kier molecular flexibility index (Phi) is 6.89. The summed E-state index contributed by atoms with van der Waals surface area (Å²) in [5.41, 5.74) is 4.53. The Morgan fingerprint density at radius 3 is 2.39 bits per heavy atom. The third-order valence-electron chi connectivity index (χ3n) is 5.79. The molecule has 4 nitrogen and oxygen atoms in total. The van der Waals surface area contributed by atoms with Crippen molar-refractivity contribution in [2.75, 3.05) is 13.1 Å². The van der Waals surface area contributed by atoms with Gasteiger partial charge < -0.3 is 10.1 Å². The Labute approximate surface area is 175 Å². The molecule has 5 heteroatoms. The number of rotatable bonds is 5. The fraction of sp³-hybridized carbons (Fsp3) is 0.391. The number of hydrogen-bond donors (Lipinski definition) is 1. The van der Waals surface area contributed by atoms with Crippen LogP contribution < -0.4 is 0 Å². The van der Waals surface area contributed by atoms with E-state index in [0.717, 1.165) is 36.1 Å². The van der Waals surface area contributed by atoms with Gasteiger partial charge in [-0.15, -0.1) is 0 Å². The van der Waals surface area contributed by atoms with E-state index in [1.807, 2.05) is 4.90 Å². The number of aryl methyl sites for hydroxylation is 1. The monoisotopic (exact) mass is 442 g/mol. The van der Waals surface area contributed by atoms with Crippen LogP contribution in [0.15, 0.2) is 58.2 Å². The topological polar surface area (TPSA) is 52.9 Å². The maximum Gasteiger partial charge on any atom is 0.219 e. The zero-order valence-corrected chi connectivity index (χ0v) is 18.0. The Morgan fingerprint density at radius 1 is 1.18 bits per heavy atom. The molecule has 0 radical (unpaired) electrons. The number of benzene rings is 2. The molecule has 1 saturated heterocycles. The largest absolute Gasteiger partial charge is 0.411 e. The summed E-state index contributed by atoms with van der Waals surface area (Å²) >= 11 is 3.51. The van der Waals surface area contributed by atoms with E-state index < -0.39 is 0 Å². The minimum Gasteiger partial charge on any atom is -0.411 e. The molecule has 1 atom stereocenters. The highest BCUT2D eigenvalue weighted by molar-refractivity contribution is 9.10. The predicted octanol–water partition coefficient (Wildman–Crippen LogP) is 5.37. The van der Waals surface area contributed by atoms with Crippen molar-refractivity contribution in [2.45, 2.75) is 39.0 Å². The average molecular weight is 443 g/mol. The minimum absolute atomic E-state index is 0.119. The molecule has 1 aliphatic heterocycles. The maximum atomic E-state index is 11.6. The second-order valence-electron chi connectivity index (χ2n) is 7.54. The summed E-state index contributed by atoms with van der Waals surface area (Å²) in [4.78, 5) is 13.5. The molecule has 1 amide bonds. The Balaban J connectivity index is 1.85. The van der Waals surface area contributed by atoms with Gasteiger partial charge in [0.15, 0.2) is 0 Å². The van der Waals surface area contributed by atoms with Gasteiger partial charge in [-0.1, -0.05) is 57.5 Å². The molecule has 0 aliphatic carbocycles. The number of carbonyl (C=O) groups excluding carboxylic acids is 1. The first-order chi connectivity index (χ1) is 13.5. The van der Waals surface area contributed by atoms with Crippen molar-refractivity contribution in [3.8, 4) is 0 Å². The van der Waals surface area contributed by atoms with Gasteiger partial charge in [0.1, 0.15) is 0 Å². The zero-order chi connectivity index (χ0) is 20.1. The minimum atomic E-state index is 0.119. The summed E-state index contributed by atoms with van der Waals surface area (Å²) in [6.45, 7) is 5.20. The first-order valence-corrected chi connectivity index (χ1v) is 10.6. The molecule has 1 unspecified atom stereocenters. The van der Waals surface area contributed by atoms with E-state index in [1.54, 1.807) is 6.92 Å². The highest BCUT2D eigenvalue weighted by Gasteiger charge is 2.28. The third-order valence-corrected chi connectivity index (χ3v) is 6.32. The van der Waals surface area contributed by atoms with Crippen LogP contribution in [0.3, 0.4) is 0 Å². The molecule has 2 aromatic rings. The van der Waals surface area contributed by atoms with Crippen molar-refractivity contribution in [3.05, 3.63) is 69.7 Å². The lowest BCUT2D eigenvalue weighted by atomic mass is 9.80. The van der Waals surface area contributed by atoms with Crippen LogP contribution in [-0.4, -0.2) is 34.8 Å². The van der Waals surface area contributed by atoms with E-state index in [9.17, 15) is 10.0 Å². The van der Waals surface area contributed by atoms with Gasteiger partial charge in [0.05, 0.1) is 5.71 Å². The van der Waals surface area contributed by atoms with Gasteiger partial charge >= 0.3 is 0 Å². The molecule has 0 bridgehead atoms. The molecule has 0 spiro atoms. The molecule has 0 saturated carbocycles. The van der Waals surface area contributed by atoms with Crippen molar-refractivity contribution in [2.24, 2.45) is 11.1 Å². The predicted molar refractivity (Wildman–Crippen MR) is 116 cm³/mol. The number of oxime groups is 1. The number of likely N-dealkylation sites (tertiary alicyclic amines) is 1. The second kappa shape index (κ2) is 9.37. The molecular formula is C23H27BrN2O2. The lowest BCUT2D eigenvalue weighted by Crippen LogP contribution is -2.39. The normalized spacial score (nSPS) is 16.8. The average Bonchev–Trinajstić information content (AvgIpc) is 2.71. The van der Waals surface area contributed by atoms with E-state index in [0.29, 0.717) is 6.42 Å². The van der Waals surface area contributed by atoms with Crippen LogP contribution in [0.4, 0.5) is 0 Å². The second-order valence-corrected chi connectivity index (χ2v) is 8.45. The van der Waals surface area contributed by atoms with E-state index in [1.165, 1.54) is 16.7 Å². The highest BCUT2D eigenvalue weighted by atomic mass is 79.9. The molecule has 1 fully saturated rings. The van der Waals surface area contributed by atoms with Gasteiger partial charge in [-0.25, -0.2) is 0 Å². The summed E-state index contributed by atoms with van der Waals surface area (Å²) in [5.74, 6) is 0.460. The van der Waals surface area contributed by atoms with Crippen molar-refractivity contribution in [1.82, 2.24) is 4.90 Å². The van der Waals surface area contributed by atoms with Crippen LogP contribution >= 0.6 is 15.9 Å². The van der Waals surface area contributed by atoms with Gasteiger partial charge in [-0.05, 0) is 48.6 Å². The van der Waals surface area contributed by atoms with E-state index in [2.05, 4.69) is 76.5 Å². The highest BCUT2D eigenvalue weighted by Crippen LogP contribution is 2.34. The van der Waals surface area contributed by atoms with Crippen LogP contribution in [0.25, 0.3) is 0 Å². The molecular weight excluding hydrogens is 416 g/mol. The Bertz CT molecular complexity index is 840. The fourth-order valence-electron chi connectivity index (χ4n) is 4.11. The molecule has 28 heavy (non-hydrogen) atoms. The summed E-state index contributed by atoms with van der Waals surface area (Å²) in [6, 6.07) is 16.8. The van der Waals surface area contributed by atoms with Gasteiger partial charge in [0.2, 0.25) is 5.91 Å². The first kappa shape index (κ1) is 20.6. The third kappa shape index (κ3) is 4.82. The number of piperidine rings is 1. The van der Waals surface area contributed by atoms with Crippen LogP contribution in [0.2, 0.25) is 0 Å². The SMILES string of the molecule is CC(=O)N1CCC(/C(CC(c2ccc(Br)cc2)c2ccccc2C)=N\O)CC1. The lowest BCUT2D eigenvalue weighted by molar-refractivity contribution is -0.129. The fourth-order valence-corrected chi connectivity index (χ4v) is 4.37. The van der Waals surface area contributed by atoms with E-state index >= 15 is 0 Å².